The van der Waals surface area contributed by atoms with Crippen LogP contribution >= 0.6 is 34.5 Å². The van der Waals surface area contributed by atoms with Crippen molar-refractivity contribution in [3.8, 4) is 0 Å². The molecule has 1 heterocycles. The molecule has 1 aromatic heterocycles. The van der Waals surface area contributed by atoms with Crippen molar-refractivity contribution in [1.82, 2.24) is 0 Å². The fraction of sp³-hybridized carbons (Fsp3) is 0.286. The molecule has 0 fully saturated rings. The van der Waals surface area contributed by atoms with Crippen LogP contribution in [0.25, 0.3) is 0 Å². The number of nitrogens with two attached hydrogens (primary N) is 1. The van der Waals surface area contributed by atoms with Gasteiger partial charge >= 0.3 is 0 Å². The highest BCUT2D eigenvalue weighted by molar-refractivity contribution is 7.16. The molecule has 102 valence electrons. The van der Waals surface area contributed by atoms with Gasteiger partial charge in [0.25, 0.3) is 0 Å². The van der Waals surface area contributed by atoms with Gasteiger partial charge in [-0.3, -0.25) is 0 Å². The second kappa shape index (κ2) is 6.62. The first-order chi connectivity index (χ1) is 9.11. The molecule has 0 aliphatic rings. The minimum Gasteiger partial charge on any atom is -0.368 e. The van der Waals surface area contributed by atoms with Crippen molar-refractivity contribution >= 4 is 40.2 Å². The highest BCUT2D eigenvalue weighted by Crippen LogP contribution is 2.32. The highest BCUT2D eigenvalue weighted by atomic mass is 35.5. The van der Waals surface area contributed by atoms with Gasteiger partial charge in [-0.2, -0.15) is 0 Å². The van der Waals surface area contributed by atoms with Gasteiger partial charge in [0.1, 0.15) is 0 Å². The Bertz CT molecular complexity index is 554. The molecule has 2 aromatic rings. The lowest BCUT2D eigenvalue weighted by Crippen LogP contribution is -2.18. The lowest BCUT2D eigenvalue weighted by molar-refractivity contribution is 0.903. The van der Waals surface area contributed by atoms with E-state index in [1.165, 1.54) is 10.4 Å². The van der Waals surface area contributed by atoms with Crippen molar-refractivity contribution in [2.24, 2.45) is 5.73 Å². The summed E-state index contributed by atoms with van der Waals surface area (Å²) in [5.74, 6) is 0. The minimum absolute atomic E-state index is 0.617. The Morgan fingerprint density at radius 2 is 2.00 bits per heavy atom. The van der Waals surface area contributed by atoms with E-state index >= 15 is 0 Å². The molecule has 0 amide bonds. The molecule has 0 saturated heterocycles. The van der Waals surface area contributed by atoms with Crippen LogP contribution in [0, 0.1) is 0 Å². The first kappa shape index (κ1) is 14.7. The molecule has 19 heavy (non-hydrogen) atoms. The van der Waals surface area contributed by atoms with E-state index < -0.39 is 0 Å². The summed E-state index contributed by atoms with van der Waals surface area (Å²) in [7, 11) is 2.04. The Hall–Kier alpha value is -0.740. The third-order valence-electron chi connectivity index (χ3n) is 2.89. The van der Waals surface area contributed by atoms with Crippen LogP contribution in [0.4, 0.5) is 5.69 Å². The molecule has 2 nitrogen and oxygen atoms in total. The van der Waals surface area contributed by atoms with Crippen LogP contribution in [0.3, 0.4) is 0 Å². The van der Waals surface area contributed by atoms with Crippen molar-refractivity contribution < 1.29 is 0 Å². The quantitative estimate of drug-likeness (QED) is 0.896. The van der Waals surface area contributed by atoms with E-state index in [4.69, 9.17) is 28.9 Å². The van der Waals surface area contributed by atoms with Gasteiger partial charge in [0.15, 0.2) is 0 Å². The lowest BCUT2D eigenvalue weighted by Gasteiger charge is -2.23. The van der Waals surface area contributed by atoms with Crippen LogP contribution in [0.5, 0.6) is 0 Å². The SMILES string of the molecule is CN(Cc1ccc(Cl)s1)c1c(Cl)cccc1CCN. The average Bonchev–Trinajstić information content (AvgIpc) is 2.75. The molecule has 2 N–H and O–H groups in total. The monoisotopic (exact) mass is 314 g/mol. The molecule has 1 aromatic carbocycles. The molecule has 0 bridgehead atoms. The molecule has 0 unspecified atom stereocenters. The number of thiophene rings is 1. The zero-order valence-corrected chi connectivity index (χ0v) is 13.0. The molecular weight excluding hydrogens is 299 g/mol. The first-order valence-corrected chi connectivity index (χ1v) is 7.62. The predicted octanol–water partition coefficient (Wildman–Crippen LogP) is 4.19. The summed E-state index contributed by atoms with van der Waals surface area (Å²) in [6.45, 7) is 1.41. The van der Waals surface area contributed by atoms with E-state index in [-0.39, 0.29) is 0 Å². The van der Waals surface area contributed by atoms with E-state index in [0.29, 0.717) is 6.54 Å². The van der Waals surface area contributed by atoms with Crippen LogP contribution in [0.2, 0.25) is 9.36 Å². The molecule has 0 saturated carbocycles. The molecule has 0 aliphatic heterocycles. The fourth-order valence-corrected chi connectivity index (χ4v) is 3.57. The smallest absolute Gasteiger partial charge is 0.0931 e. The standard InChI is InChI=1S/C14H16Cl2N2S/c1-18(9-11-5-6-13(16)19-11)14-10(7-8-17)3-2-4-12(14)15/h2-6H,7-9,17H2,1H3. The van der Waals surface area contributed by atoms with Gasteiger partial charge in [-0.15, -0.1) is 11.3 Å². The largest absolute Gasteiger partial charge is 0.368 e. The Labute approximate surface area is 127 Å². The number of rotatable bonds is 5. The summed E-state index contributed by atoms with van der Waals surface area (Å²) in [6.07, 6.45) is 0.825. The van der Waals surface area contributed by atoms with Gasteiger partial charge in [-0.05, 0) is 36.7 Å². The van der Waals surface area contributed by atoms with Gasteiger partial charge in [0, 0.05) is 11.9 Å². The van der Waals surface area contributed by atoms with Crippen molar-refractivity contribution in [2.75, 3.05) is 18.5 Å². The molecule has 2 rings (SSSR count). The number of anilines is 1. The van der Waals surface area contributed by atoms with Crippen LogP contribution in [0.15, 0.2) is 30.3 Å². The number of para-hydroxylation sites is 1. The van der Waals surface area contributed by atoms with Gasteiger partial charge in [-0.25, -0.2) is 0 Å². The van der Waals surface area contributed by atoms with Crippen LogP contribution < -0.4 is 10.6 Å². The van der Waals surface area contributed by atoms with Crippen LogP contribution in [0.1, 0.15) is 10.4 Å². The van der Waals surface area contributed by atoms with Crippen LogP contribution in [-0.4, -0.2) is 13.6 Å². The Balaban J connectivity index is 2.24. The second-order valence-corrected chi connectivity index (χ2v) is 6.55. The maximum atomic E-state index is 6.33. The lowest BCUT2D eigenvalue weighted by atomic mass is 10.1. The minimum atomic E-state index is 0.617. The van der Waals surface area contributed by atoms with E-state index in [0.717, 1.165) is 28.0 Å². The van der Waals surface area contributed by atoms with Crippen molar-refractivity contribution in [1.29, 1.82) is 0 Å². The summed E-state index contributed by atoms with van der Waals surface area (Å²) >= 11 is 13.9. The van der Waals surface area contributed by atoms with Gasteiger partial charge in [0.2, 0.25) is 0 Å². The normalized spacial score (nSPS) is 10.7. The number of nitrogens with zero attached hydrogens (tertiary/aromatic N) is 1. The summed E-state index contributed by atoms with van der Waals surface area (Å²) in [5.41, 5.74) is 7.89. The number of hydrogen-bond acceptors (Lipinski definition) is 3. The third kappa shape index (κ3) is 3.63. The number of halogens is 2. The second-order valence-electron chi connectivity index (χ2n) is 4.35. The number of benzene rings is 1. The van der Waals surface area contributed by atoms with Crippen molar-refractivity contribution in [3.05, 3.63) is 50.1 Å². The molecular formula is C14H16Cl2N2S. The highest BCUT2D eigenvalue weighted by Gasteiger charge is 2.12. The van der Waals surface area contributed by atoms with E-state index in [1.54, 1.807) is 11.3 Å². The summed E-state index contributed by atoms with van der Waals surface area (Å²) in [5, 5.41) is 0.760. The van der Waals surface area contributed by atoms with E-state index in [1.807, 2.05) is 31.3 Å². The van der Waals surface area contributed by atoms with Gasteiger partial charge in [-0.1, -0.05) is 35.3 Å². The van der Waals surface area contributed by atoms with E-state index in [2.05, 4.69) is 11.0 Å². The topological polar surface area (TPSA) is 29.3 Å². The van der Waals surface area contributed by atoms with Crippen LogP contribution in [-0.2, 0) is 13.0 Å². The Kier molecular flexibility index (Phi) is 5.11. The summed E-state index contributed by atoms with van der Waals surface area (Å²) in [4.78, 5) is 3.36. The molecule has 0 spiro atoms. The molecule has 5 heteroatoms. The molecule has 0 aliphatic carbocycles. The van der Waals surface area contributed by atoms with Gasteiger partial charge < -0.3 is 10.6 Å². The van der Waals surface area contributed by atoms with E-state index in [9.17, 15) is 0 Å². The van der Waals surface area contributed by atoms with Gasteiger partial charge in [0.05, 0.1) is 21.6 Å². The summed E-state index contributed by atoms with van der Waals surface area (Å²) < 4.78 is 0.810. The maximum absolute atomic E-state index is 6.33. The average molecular weight is 315 g/mol. The number of hydrogen-bond donors (Lipinski definition) is 1. The Morgan fingerprint density at radius 1 is 1.21 bits per heavy atom. The van der Waals surface area contributed by atoms with Crippen molar-refractivity contribution in [2.45, 2.75) is 13.0 Å². The maximum Gasteiger partial charge on any atom is 0.0931 e. The molecule has 0 radical (unpaired) electrons. The Morgan fingerprint density at radius 3 is 2.63 bits per heavy atom. The predicted molar refractivity (Wildman–Crippen MR) is 85.6 cm³/mol. The summed E-state index contributed by atoms with van der Waals surface area (Å²) in [6, 6.07) is 9.92. The molecule has 0 atom stereocenters. The first-order valence-electron chi connectivity index (χ1n) is 6.04. The zero-order valence-electron chi connectivity index (χ0n) is 10.7. The third-order valence-corrected chi connectivity index (χ3v) is 4.41. The fourth-order valence-electron chi connectivity index (χ4n) is 2.09. The van der Waals surface area contributed by atoms with Crippen molar-refractivity contribution in [3.63, 3.8) is 0 Å². The zero-order chi connectivity index (χ0) is 13.8.